The van der Waals surface area contributed by atoms with Crippen molar-refractivity contribution < 1.29 is 14.7 Å². The summed E-state index contributed by atoms with van der Waals surface area (Å²) in [6.45, 7) is 5.82. The average molecular weight is 285 g/mol. The van der Waals surface area contributed by atoms with E-state index in [1.54, 1.807) is 26.4 Å². The van der Waals surface area contributed by atoms with Crippen LogP contribution in [0.2, 0.25) is 0 Å². The van der Waals surface area contributed by atoms with Gasteiger partial charge in [-0.15, -0.1) is 11.3 Å². The van der Waals surface area contributed by atoms with Gasteiger partial charge in [0.05, 0.1) is 17.7 Å². The van der Waals surface area contributed by atoms with E-state index in [-0.39, 0.29) is 5.92 Å². The summed E-state index contributed by atoms with van der Waals surface area (Å²) < 4.78 is 0. The van der Waals surface area contributed by atoms with E-state index in [0.29, 0.717) is 6.54 Å². The van der Waals surface area contributed by atoms with Crippen molar-refractivity contribution in [3.8, 4) is 0 Å². The molecule has 0 saturated carbocycles. The van der Waals surface area contributed by atoms with Gasteiger partial charge in [0.25, 0.3) is 0 Å². The smallest absolute Gasteiger partial charge is 0.326 e. The summed E-state index contributed by atoms with van der Waals surface area (Å²) in [4.78, 5) is 29.5. The zero-order valence-corrected chi connectivity index (χ0v) is 12.3. The van der Waals surface area contributed by atoms with E-state index in [1.165, 1.54) is 16.2 Å². The summed E-state index contributed by atoms with van der Waals surface area (Å²) in [6.07, 6.45) is 0. The van der Waals surface area contributed by atoms with Crippen molar-refractivity contribution >= 4 is 23.3 Å². The minimum Gasteiger partial charge on any atom is -0.480 e. The molecule has 19 heavy (non-hydrogen) atoms. The summed E-state index contributed by atoms with van der Waals surface area (Å²) >= 11 is 1.48. The van der Waals surface area contributed by atoms with E-state index < -0.39 is 18.0 Å². The number of carbonyl (C=O) groups excluding carboxylic acids is 1. The molecular weight excluding hydrogens is 266 g/mol. The number of nitrogens with zero attached hydrogens (tertiary/aromatic N) is 2. The molecule has 0 unspecified atom stereocenters. The molecule has 0 aliphatic heterocycles. The highest BCUT2D eigenvalue weighted by Gasteiger charge is 2.25. The van der Waals surface area contributed by atoms with E-state index in [2.05, 4.69) is 10.3 Å². The van der Waals surface area contributed by atoms with Crippen LogP contribution in [0.5, 0.6) is 0 Å². The number of carboxylic acids is 1. The molecule has 0 bridgehead atoms. The normalized spacial score (nSPS) is 12.3. The van der Waals surface area contributed by atoms with Gasteiger partial charge in [0.2, 0.25) is 0 Å². The van der Waals surface area contributed by atoms with Gasteiger partial charge in [-0.2, -0.15) is 0 Å². The van der Waals surface area contributed by atoms with Crippen LogP contribution in [0.15, 0.2) is 5.51 Å². The van der Waals surface area contributed by atoms with E-state index in [9.17, 15) is 9.59 Å². The first-order chi connectivity index (χ1) is 8.82. The van der Waals surface area contributed by atoms with Crippen LogP contribution in [-0.2, 0) is 11.3 Å². The number of aryl methyl sites for hydroxylation is 1. The monoisotopic (exact) mass is 285 g/mol. The molecule has 7 heteroatoms. The quantitative estimate of drug-likeness (QED) is 0.862. The highest BCUT2D eigenvalue weighted by Crippen LogP contribution is 2.14. The fraction of sp³-hybridized carbons (Fsp3) is 0.583. The lowest BCUT2D eigenvalue weighted by Gasteiger charge is -2.23. The van der Waals surface area contributed by atoms with Gasteiger partial charge in [0.15, 0.2) is 0 Å². The highest BCUT2D eigenvalue weighted by molar-refractivity contribution is 7.09. The largest absolute Gasteiger partial charge is 0.480 e. The Labute approximate surface area is 116 Å². The number of rotatable bonds is 5. The van der Waals surface area contributed by atoms with E-state index >= 15 is 0 Å². The third-order valence-electron chi connectivity index (χ3n) is 2.78. The van der Waals surface area contributed by atoms with Crippen LogP contribution in [0, 0.1) is 12.8 Å². The zero-order chi connectivity index (χ0) is 14.6. The fourth-order valence-corrected chi connectivity index (χ4v) is 2.35. The summed E-state index contributed by atoms with van der Waals surface area (Å²) in [5.41, 5.74) is 2.62. The van der Waals surface area contributed by atoms with Gasteiger partial charge < -0.3 is 15.3 Å². The molecule has 1 rings (SSSR count). The SMILES string of the molecule is Cc1ncsc1CN(C)C(=O)N[C@H](C(=O)O)C(C)C. The lowest BCUT2D eigenvalue weighted by Crippen LogP contribution is -2.48. The Morgan fingerprint density at radius 3 is 2.58 bits per heavy atom. The predicted molar refractivity (Wildman–Crippen MR) is 73.1 cm³/mol. The standard InChI is InChI=1S/C12H19N3O3S/c1-7(2)10(11(16)17)14-12(18)15(4)5-9-8(3)13-6-19-9/h6-7,10H,5H2,1-4H3,(H,14,18)(H,16,17)/t10-/m0/s1. The van der Waals surface area contributed by atoms with Gasteiger partial charge in [-0.1, -0.05) is 13.8 Å². The molecule has 1 aromatic rings. The van der Waals surface area contributed by atoms with Crippen molar-refractivity contribution in [2.24, 2.45) is 5.92 Å². The van der Waals surface area contributed by atoms with Crippen molar-refractivity contribution in [2.45, 2.75) is 33.4 Å². The number of carboxylic acid groups (broad SMARTS) is 1. The molecule has 0 radical (unpaired) electrons. The first-order valence-corrected chi connectivity index (χ1v) is 6.84. The van der Waals surface area contributed by atoms with Crippen molar-refractivity contribution in [2.75, 3.05) is 7.05 Å². The third kappa shape index (κ3) is 4.20. The second-order valence-corrected chi connectivity index (χ2v) is 5.67. The molecule has 0 aliphatic rings. The minimum atomic E-state index is -1.02. The average Bonchev–Trinajstić information content (AvgIpc) is 2.70. The number of nitrogens with one attached hydrogen (secondary N) is 1. The molecular formula is C12H19N3O3S. The van der Waals surface area contributed by atoms with Crippen molar-refractivity contribution in [3.63, 3.8) is 0 Å². The van der Waals surface area contributed by atoms with Gasteiger partial charge in [-0.25, -0.2) is 14.6 Å². The second kappa shape index (κ2) is 6.51. The zero-order valence-electron chi connectivity index (χ0n) is 11.5. The van der Waals surface area contributed by atoms with Crippen LogP contribution in [0.3, 0.4) is 0 Å². The lowest BCUT2D eigenvalue weighted by molar-refractivity contribution is -0.140. The first-order valence-electron chi connectivity index (χ1n) is 5.96. The lowest BCUT2D eigenvalue weighted by atomic mass is 10.1. The molecule has 2 amide bonds. The first kappa shape index (κ1) is 15.4. The Hall–Kier alpha value is -1.63. The number of hydrogen-bond donors (Lipinski definition) is 2. The molecule has 0 saturated heterocycles. The molecule has 0 spiro atoms. The van der Waals surface area contributed by atoms with Crippen LogP contribution in [0.25, 0.3) is 0 Å². The molecule has 6 nitrogen and oxygen atoms in total. The van der Waals surface area contributed by atoms with Crippen LogP contribution >= 0.6 is 11.3 Å². The van der Waals surface area contributed by atoms with Crippen molar-refractivity contribution in [1.82, 2.24) is 15.2 Å². The maximum Gasteiger partial charge on any atom is 0.326 e. The van der Waals surface area contributed by atoms with Crippen LogP contribution in [-0.4, -0.2) is 40.1 Å². The summed E-state index contributed by atoms with van der Waals surface area (Å²) in [7, 11) is 1.63. The number of thiazole rings is 1. The van der Waals surface area contributed by atoms with Crippen LogP contribution < -0.4 is 5.32 Å². The molecule has 2 N–H and O–H groups in total. The molecule has 0 aliphatic carbocycles. The maximum atomic E-state index is 11.9. The van der Waals surface area contributed by atoms with Gasteiger partial charge in [-0.05, 0) is 12.8 Å². The van der Waals surface area contributed by atoms with E-state index in [4.69, 9.17) is 5.11 Å². The summed E-state index contributed by atoms with van der Waals surface area (Å²) in [5.74, 6) is -1.19. The van der Waals surface area contributed by atoms with Crippen LogP contribution in [0.4, 0.5) is 4.79 Å². The highest BCUT2D eigenvalue weighted by atomic mass is 32.1. The Bertz CT molecular complexity index is 459. The maximum absolute atomic E-state index is 11.9. The number of carbonyl (C=O) groups is 2. The summed E-state index contributed by atoms with van der Waals surface area (Å²) in [5, 5.41) is 11.6. The Morgan fingerprint density at radius 2 is 2.16 bits per heavy atom. The molecule has 1 heterocycles. The predicted octanol–water partition coefficient (Wildman–Crippen LogP) is 1.70. The fourth-order valence-electron chi connectivity index (χ4n) is 1.52. The minimum absolute atomic E-state index is 0.167. The van der Waals surface area contributed by atoms with E-state index in [0.717, 1.165) is 10.6 Å². The Morgan fingerprint density at radius 1 is 1.53 bits per heavy atom. The molecule has 1 aromatic heterocycles. The van der Waals surface area contributed by atoms with Gasteiger partial charge >= 0.3 is 12.0 Å². The van der Waals surface area contributed by atoms with Crippen LogP contribution in [0.1, 0.15) is 24.4 Å². The topological polar surface area (TPSA) is 82.5 Å². The van der Waals surface area contributed by atoms with Crippen molar-refractivity contribution in [3.05, 3.63) is 16.1 Å². The molecule has 1 atom stereocenters. The Balaban J connectivity index is 2.62. The number of aliphatic carboxylic acids is 1. The van der Waals surface area contributed by atoms with E-state index in [1.807, 2.05) is 6.92 Å². The number of hydrogen-bond acceptors (Lipinski definition) is 4. The van der Waals surface area contributed by atoms with Gasteiger partial charge in [0.1, 0.15) is 6.04 Å². The number of aromatic nitrogens is 1. The number of amides is 2. The number of urea groups is 1. The third-order valence-corrected chi connectivity index (χ3v) is 3.70. The Kier molecular flexibility index (Phi) is 5.29. The second-order valence-electron chi connectivity index (χ2n) is 4.73. The summed E-state index contributed by atoms with van der Waals surface area (Å²) in [6, 6.07) is -1.27. The van der Waals surface area contributed by atoms with Gasteiger partial charge in [0, 0.05) is 11.9 Å². The van der Waals surface area contributed by atoms with Gasteiger partial charge in [-0.3, -0.25) is 0 Å². The molecule has 0 fully saturated rings. The molecule has 106 valence electrons. The van der Waals surface area contributed by atoms with Crippen molar-refractivity contribution in [1.29, 1.82) is 0 Å². The molecule has 0 aromatic carbocycles.